The van der Waals surface area contributed by atoms with Crippen LogP contribution in [-0.4, -0.2) is 16.8 Å². The van der Waals surface area contributed by atoms with Gasteiger partial charge in [-0.3, -0.25) is 4.98 Å². The summed E-state index contributed by atoms with van der Waals surface area (Å²) in [5.74, 6) is 3.69. The summed E-state index contributed by atoms with van der Waals surface area (Å²) in [6.45, 7) is 0. The molecule has 1 rings (SSSR count). The number of nitrogens with zero attached hydrogens (tertiary/aromatic N) is 2. The molecule has 52 valence electrons. The van der Waals surface area contributed by atoms with Gasteiger partial charge in [0.15, 0.2) is 5.94 Å². The maximum Gasteiger partial charge on any atom is 0.187 e. The van der Waals surface area contributed by atoms with Crippen molar-refractivity contribution in [1.82, 2.24) is 4.98 Å². The van der Waals surface area contributed by atoms with Gasteiger partial charge in [-0.1, -0.05) is 0 Å². The molecule has 0 bridgehead atoms. The molecule has 0 spiro atoms. The van der Waals surface area contributed by atoms with Crippen LogP contribution in [0, 0.1) is 0 Å². The molecule has 0 fully saturated rings. The van der Waals surface area contributed by atoms with E-state index in [0.29, 0.717) is 5.69 Å². The summed E-state index contributed by atoms with van der Waals surface area (Å²) in [6, 6.07) is 3.39. The summed E-state index contributed by atoms with van der Waals surface area (Å²) in [6.07, 6.45) is 3.20. The lowest BCUT2D eigenvalue weighted by atomic mass is 10.4. The van der Waals surface area contributed by atoms with Gasteiger partial charge in [0.1, 0.15) is 0 Å². The predicted molar refractivity (Wildman–Crippen MR) is 40.5 cm³/mol. The molecule has 0 unspecified atom stereocenters. The fourth-order valence-corrected chi connectivity index (χ4v) is 0.534. The van der Waals surface area contributed by atoms with Crippen molar-refractivity contribution in [2.24, 2.45) is 4.99 Å². The van der Waals surface area contributed by atoms with E-state index in [4.69, 9.17) is 0 Å². The van der Waals surface area contributed by atoms with Crippen molar-refractivity contribution in [2.45, 2.75) is 0 Å². The highest BCUT2D eigenvalue weighted by Gasteiger charge is 1.80. The average molecular weight is 144 g/mol. The van der Waals surface area contributed by atoms with Crippen molar-refractivity contribution < 1.29 is 4.79 Å². The maximum atomic E-state index is 9.62. The van der Waals surface area contributed by atoms with Gasteiger partial charge >= 0.3 is 0 Å². The van der Waals surface area contributed by atoms with E-state index in [2.05, 4.69) is 21.6 Å². The molecular formula is C8H4N2O. The molecule has 0 aliphatic rings. The Labute approximate surface area is 63.4 Å². The molecule has 3 heteroatoms. The van der Waals surface area contributed by atoms with Crippen LogP contribution >= 0.6 is 0 Å². The van der Waals surface area contributed by atoms with Gasteiger partial charge in [0.05, 0.1) is 11.6 Å². The third-order valence-corrected chi connectivity index (χ3v) is 0.955. The van der Waals surface area contributed by atoms with Gasteiger partial charge in [0.2, 0.25) is 0 Å². The molecule has 3 nitrogen and oxygen atoms in total. The largest absolute Gasteiger partial charge is 0.265 e. The summed E-state index contributed by atoms with van der Waals surface area (Å²) in [4.78, 5) is 17.1. The molecule has 0 amide bonds. The first-order chi connectivity index (χ1) is 5.43. The third-order valence-electron chi connectivity index (χ3n) is 0.955. The average Bonchev–Trinajstić information content (AvgIpc) is 2.07. The van der Waals surface area contributed by atoms with Gasteiger partial charge in [-0.05, 0) is 12.1 Å². The first kappa shape index (κ1) is 7.20. The van der Waals surface area contributed by atoms with E-state index in [9.17, 15) is 4.79 Å². The van der Waals surface area contributed by atoms with Crippen molar-refractivity contribution in [3.8, 4) is 0 Å². The van der Waals surface area contributed by atoms with Gasteiger partial charge in [-0.25, -0.2) is 4.79 Å². The minimum Gasteiger partial charge on any atom is -0.265 e. The number of aromatic nitrogens is 1. The number of rotatable bonds is 1. The predicted octanol–water partition coefficient (Wildman–Crippen LogP) is 0.926. The Balaban J connectivity index is 2.98. The molecule has 11 heavy (non-hydrogen) atoms. The Bertz CT molecular complexity index is 340. The fraction of sp³-hybridized carbons (Fsp3) is 0. The Hall–Kier alpha value is -1.91. The molecule has 1 heterocycles. The van der Waals surface area contributed by atoms with Crippen molar-refractivity contribution in [1.29, 1.82) is 0 Å². The Morgan fingerprint density at radius 1 is 1.36 bits per heavy atom. The second-order valence-electron chi connectivity index (χ2n) is 1.66. The Kier molecular flexibility index (Phi) is 2.61. The van der Waals surface area contributed by atoms with Crippen LogP contribution in [0.3, 0.4) is 0 Å². The van der Waals surface area contributed by atoms with Crippen LogP contribution in [0.25, 0.3) is 0 Å². The zero-order valence-electron chi connectivity index (χ0n) is 5.61. The molecule has 0 aliphatic heterocycles. The number of hydrogen-bond donors (Lipinski definition) is 0. The van der Waals surface area contributed by atoms with Gasteiger partial charge in [-0.2, -0.15) is 4.99 Å². The monoisotopic (exact) mass is 144 g/mol. The summed E-state index contributed by atoms with van der Waals surface area (Å²) in [5.41, 5.74) is 2.74. The topological polar surface area (TPSA) is 42.3 Å². The van der Waals surface area contributed by atoms with Gasteiger partial charge in [-0.15, -0.1) is 0 Å². The minimum absolute atomic E-state index is 0.683. The van der Waals surface area contributed by atoms with Gasteiger partial charge in [0.25, 0.3) is 0 Å². The molecule has 1 aromatic heterocycles. The van der Waals surface area contributed by atoms with Crippen LogP contribution in [0.2, 0.25) is 0 Å². The standard InChI is InChI=1S/C8H4N2O/c11-7-1-4-10-8-2-5-9-6-3-8/h2-3,5-6H. The highest BCUT2D eigenvalue weighted by molar-refractivity contribution is 5.66. The van der Waals surface area contributed by atoms with E-state index < -0.39 is 0 Å². The van der Waals surface area contributed by atoms with E-state index in [1.165, 1.54) is 5.94 Å². The second kappa shape index (κ2) is 3.99. The van der Waals surface area contributed by atoms with Crippen LogP contribution in [-0.2, 0) is 4.79 Å². The molecule has 0 aliphatic carbocycles. The highest BCUT2D eigenvalue weighted by atomic mass is 16.1. The third kappa shape index (κ3) is 2.44. The lowest BCUT2D eigenvalue weighted by molar-refractivity contribution is 0.569. The minimum atomic E-state index is 0.683. The number of pyridine rings is 1. The normalized spacial score (nSPS) is 7.27. The molecule has 0 saturated heterocycles. The Morgan fingerprint density at radius 2 is 2.09 bits per heavy atom. The lowest BCUT2D eigenvalue weighted by Gasteiger charge is -1.83. The second-order valence-corrected chi connectivity index (χ2v) is 1.66. The zero-order valence-corrected chi connectivity index (χ0v) is 5.61. The smallest absolute Gasteiger partial charge is 0.187 e. The van der Waals surface area contributed by atoms with Gasteiger partial charge < -0.3 is 0 Å². The van der Waals surface area contributed by atoms with E-state index in [1.807, 2.05) is 0 Å². The first-order valence-corrected chi connectivity index (χ1v) is 2.91. The molecule has 0 N–H and O–H groups in total. The quantitative estimate of drug-likeness (QED) is 0.334. The van der Waals surface area contributed by atoms with Crippen molar-refractivity contribution in [2.75, 3.05) is 0 Å². The van der Waals surface area contributed by atoms with Crippen molar-refractivity contribution in [3.63, 3.8) is 0 Å². The Morgan fingerprint density at radius 3 is 2.73 bits per heavy atom. The number of hydrogen-bond acceptors (Lipinski definition) is 3. The van der Waals surface area contributed by atoms with E-state index in [-0.39, 0.29) is 0 Å². The van der Waals surface area contributed by atoms with Crippen LogP contribution < -0.4 is 0 Å². The fourth-order valence-electron chi connectivity index (χ4n) is 0.534. The van der Waals surface area contributed by atoms with Crippen LogP contribution in [0.15, 0.2) is 35.3 Å². The van der Waals surface area contributed by atoms with Crippen molar-refractivity contribution >= 4 is 17.5 Å². The lowest BCUT2D eigenvalue weighted by Crippen LogP contribution is -1.65. The molecule has 0 radical (unpaired) electrons. The van der Waals surface area contributed by atoms with Crippen LogP contribution in [0.4, 0.5) is 5.69 Å². The molecular weight excluding hydrogens is 140 g/mol. The molecule has 0 saturated carbocycles. The molecule has 0 aromatic carbocycles. The van der Waals surface area contributed by atoms with Crippen LogP contribution in [0.1, 0.15) is 0 Å². The van der Waals surface area contributed by atoms with Crippen LogP contribution in [0.5, 0.6) is 0 Å². The SMILES string of the molecule is O=C=C=C=Nc1ccncc1. The summed E-state index contributed by atoms with van der Waals surface area (Å²) >= 11 is 0. The van der Waals surface area contributed by atoms with Crippen molar-refractivity contribution in [3.05, 3.63) is 30.3 Å². The number of carbonyl (C=O) groups excluding carboxylic acids is 1. The van der Waals surface area contributed by atoms with E-state index >= 15 is 0 Å². The number of aliphatic imine (C=N–C) groups is 1. The molecule has 1 aromatic rings. The zero-order chi connectivity index (χ0) is 7.94. The summed E-state index contributed by atoms with van der Waals surface area (Å²) < 4.78 is 0. The van der Waals surface area contributed by atoms with Gasteiger partial charge in [0, 0.05) is 18.1 Å². The summed E-state index contributed by atoms with van der Waals surface area (Å²) in [7, 11) is 0. The van der Waals surface area contributed by atoms with E-state index in [0.717, 1.165) is 0 Å². The molecule has 0 atom stereocenters. The van der Waals surface area contributed by atoms with E-state index in [1.54, 1.807) is 24.5 Å². The highest BCUT2D eigenvalue weighted by Crippen LogP contribution is 2.05. The first-order valence-electron chi connectivity index (χ1n) is 2.91. The summed E-state index contributed by atoms with van der Waals surface area (Å²) in [5, 5.41) is 0. The maximum absolute atomic E-state index is 9.62.